The summed E-state index contributed by atoms with van der Waals surface area (Å²) in [5.74, 6) is -0.326. The zero-order valence-electron chi connectivity index (χ0n) is 18.1. The maximum atomic E-state index is 12.9. The largest absolute Gasteiger partial charge is 0.379 e. The summed E-state index contributed by atoms with van der Waals surface area (Å²) in [5, 5.41) is 5.50. The number of anilines is 1. The Morgan fingerprint density at radius 3 is 2.50 bits per heavy atom. The molecule has 1 atom stereocenters. The van der Waals surface area contributed by atoms with Crippen molar-refractivity contribution >= 4 is 57.0 Å². The van der Waals surface area contributed by atoms with E-state index in [2.05, 4.69) is 21.0 Å². The topological polar surface area (TPSA) is 87.7 Å². The number of morpholine rings is 1. The third-order valence-electron chi connectivity index (χ3n) is 5.32. The van der Waals surface area contributed by atoms with Crippen molar-refractivity contribution in [2.45, 2.75) is 10.9 Å². The number of amides is 1. The average Bonchev–Trinajstić information content (AvgIpc) is 3.36. The highest BCUT2D eigenvalue weighted by molar-refractivity contribution is 7.92. The molecular weight excluding hydrogens is 517 g/mol. The van der Waals surface area contributed by atoms with Gasteiger partial charge in [0.25, 0.3) is 15.9 Å². The van der Waals surface area contributed by atoms with Crippen molar-refractivity contribution in [2.24, 2.45) is 0 Å². The Morgan fingerprint density at radius 1 is 1.09 bits per heavy atom. The van der Waals surface area contributed by atoms with Gasteiger partial charge in [-0.15, -0.1) is 23.7 Å². The molecule has 0 aliphatic carbocycles. The van der Waals surface area contributed by atoms with Gasteiger partial charge in [0.1, 0.15) is 0 Å². The summed E-state index contributed by atoms with van der Waals surface area (Å²) in [5.41, 5.74) is 0.666. The van der Waals surface area contributed by atoms with Crippen molar-refractivity contribution < 1.29 is 17.9 Å². The van der Waals surface area contributed by atoms with Gasteiger partial charge in [0.15, 0.2) is 0 Å². The van der Waals surface area contributed by atoms with Crippen LogP contribution in [0.4, 0.5) is 5.69 Å². The van der Waals surface area contributed by atoms with Crippen molar-refractivity contribution in [3.63, 3.8) is 0 Å². The van der Waals surface area contributed by atoms with Gasteiger partial charge in [0.2, 0.25) is 0 Å². The summed E-state index contributed by atoms with van der Waals surface area (Å²) in [6.07, 6.45) is 0. The minimum Gasteiger partial charge on any atom is -0.379 e. The van der Waals surface area contributed by atoms with E-state index < -0.39 is 10.0 Å². The van der Waals surface area contributed by atoms with Gasteiger partial charge in [-0.05, 0) is 53.9 Å². The molecule has 182 valence electrons. The number of nitrogens with one attached hydrogen (secondary N) is 2. The minimum atomic E-state index is -3.86. The lowest BCUT2D eigenvalue weighted by Gasteiger charge is -2.34. The molecule has 1 saturated heterocycles. The van der Waals surface area contributed by atoms with E-state index in [-0.39, 0.29) is 34.8 Å². The van der Waals surface area contributed by atoms with Crippen LogP contribution in [0.2, 0.25) is 5.02 Å². The standard InChI is InChI=1S/C23H24ClN3O4S2.ClH/c24-18-6-8-19(9-7-18)26-33(29,30)20-4-1-3-17(15-20)23(28)25-16-21(22-5-2-14-32-22)27-10-12-31-13-11-27;/h1-9,14-15,21,26H,10-13,16H2,(H,25,28);1H. The van der Waals surface area contributed by atoms with Crippen LogP contribution in [0.15, 0.2) is 70.9 Å². The molecule has 1 unspecified atom stereocenters. The second-order valence-corrected chi connectivity index (χ2v) is 10.6. The van der Waals surface area contributed by atoms with Crippen molar-refractivity contribution in [2.75, 3.05) is 37.6 Å². The lowest BCUT2D eigenvalue weighted by atomic mass is 10.1. The maximum Gasteiger partial charge on any atom is 0.261 e. The molecule has 0 radical (unpaired) electrons. The normalized spacial score (nSPS) is 15.2. The van der Waals surface area contributed by atoms with Gasteiger partial charge in [-0.2, -0.15) is 0 Å². The van der Waals surface area contributed by atoms with E-state index in [9.17, 15) is 13.2 Å². The Labute approximate surface area is 214 Å². The molecule has 0 spiro atoms. The Kier molecular flexibility index (Phi) is 9.35. The Morgan fingerprint density at radius 2 is 1.82 bits per heavy atom. The monoisotopic (exact) mass is 541 g/mol. The molecule has 0 bridgehead atoms. The Hall–Kier alpha value is -2.14. The van der Waals surface area contributed by atoms with Crippen molar-refractivity contribution in [3.8, 4) is 0 Å². The van der Waals surface area contributed by atoms with Crippen LogP contribution in [-0.4, -0.2) is 52.1 Å². The lowest BCUT2D eigenvalue weighted by molar-refractivity contribution is 0.0169. The molecule has 2 N–H and O–H groups in total. The molecule has 34 heavy (non-hydrogen) atoms. The molecule has 7 nitrogen and oxygen atoms in total. The van der Waals surface area contributed by atoms with E-state index in [1.54, 1.807) is 47.7 Å². The van der Waals surface area contributed by atoms with E-state index in [1.807, 2.05) is 11.4 Å². The van der Waals surface area contributed by atoms with Crippen LogP contribution in [0.1, 0.15) is 21.3 Å². The third-order valence-corrected chi connectivity index (χ3v) is 7.92. The first-order valence-electron chi connectivity index (χ1n) is 10.4. The molecule has 1 aromatic heterocycles. The number of halogens is 2. The quantitative estimate of drug-likeness (QED) is 0.440. The third kappa shape index (κ3) is 6.71. The van der Waals surface area contributed by atoms with Crippen LogP contribution < -0.4 is 10.0 Å². The maximum absolute atomic E-state index is 12.9. The fourth-order valence-corrected chi connectivity index (χ4v) is 5.70. The van der Waals surface area contributed by atoms with Crippen LogP contribution in [0.5, 0.6) is 0 Å². The van der Waals surface area contributed by atoms with Gasteiger partial charge < -0.3 is 10.1 Å². The molecular formula is C23H25Cl2N3O4S2. The van der Waals surface area contributed by atoms with Gasteiger partial charge in [-0.25, -0.2) is 8.42 Å². The second-order valence-electron chi connectivity index (χ2n) is 7.53. The van der Waals surface area contributed by atoms with E-state index in [0.29, 0.717) is 30.5 Å². The summed E-state index contributed by atoms with van der Waals surface area (Å²) in [6, 6.07) is 16.4. The summed E-state index contributed by atoms with van der Waals surface area (Å²) in [4.78, 5) is 16.4. The van der Waals surface area contributed by atoms with Crippen LogP contribution in [0.25, 0.3) is 0 Å². The molecule has 2 aromatic carbocycles. The molecule has 1 aliphatic heterocycles. The smallest absolute Gasteiger partial charge is 0.261 e. The number of benzene rings is 2. The van der Waals surface area contributed by atoms with Crippen molar-refractivity contribution in [1.29, 1.82) is 0 Å². The molecule has 4 rings (SSSR count). The molecule has 2 heterocycles. The van der Waals surface area contributed by atoms with Gasteiger partial charge >= 0.3 is 0 Å². The van der Waals surface area contributed by atoms with Gasteiger partial charge in [-0.3, -0.25) is 14.4 Å². The molecule has 0 saturated carbocycles. The van der Waals surface area contributed by atoms with Gasteiger partial charge in [-0.1, -0.05) is 23.7 Å². The average molecular weight is 543 g/mol. The number of rotatable bonds is 8. The number of ether oxygens (including phenoxy) is 1. The number of sulfonamides is 1. The van der Waals surface area contributed by atoms with Crippen LogP contribution in [0.3, 0.4) is 0 Å². The predicted octanol–water partition coefficient (Wildman–Crippen LogP) is 4.43. The highest BCUT2D eigenvalue weighted by Crippen LogP contribution is 2.26. The zero-order chi connectivity index (χ0) is 23.3. The molecule has 1 amide bonds. The van der Waals surface area contributed by atoms with E-state index in [4.69, 9.17) is 16.3 Å². The van der Waals surface area contributed by atoms with Crippen molar-refractivity contribution in [3.05, 3.63) is 81.5 Å². The highest BCUT2D eigenvalue weighted by atomic mass is 35.5. The number of carbonyl (C=O) groups excluding carboxylic acids is 1. The van der Waals surface area contributed by atoms with E-state index in [0.717, 1.165) is 13.1 Å². The predicted molar refractivity (Wildman–Crippen MR) is 138 cm³/mol. The van der Waals surface area contributed by atoms with Crippen LogP contribution in [0, 0.1) is 0 Å². The van der Waals surface area contributed by atoms with E-state index in [1.165, 1.54) is 17.0 Å². The first kappa shape index (κ1) is 26.5. The molecule has 11 heteroatoms. The first-order valence-corrected chi connectivity index (χ1v) is 13.2. The highest BCUT2D eigenvalue weighted by Gasteiger charge is 2.24. The molecule has 3 aromatic rings. The fourth-order valence-electron chi connectivity index (χ4n) is 3.61. The molecule has 1 aliphatic rings. The number of thiophene rings is 1. The zero-order valence-corrected chi connectivity index (χ0v) is 21.4. The van der Waals surface area contributed by atoms with Gasteiger partial charge in [0, 0.05) is 40.8 Å². The van der Waals surface area contributed by atoms with Crippen molar-refractivity contribution in [1.82, 2.24) is 10.2 Å². The summed E-state index contributed by atoms with van der Waals surface area (Å²) in [7, 11) is -3.86. The summed E-state index contributed by atoms with van der Waals surface area (Å²) >= 11 is 7.51. The van der Waals surface area contributed by atoms with Crippen LogP contribution in [-0.2, 0) is 14.8 Å². The lowest BCUT2D eigenvalue weighted by Crippen LogP contribution is -2.43. The number of nitrogens with zero attached hydrogens (tertiary/aromatic N) is 1. The number of hydrogen-bond donors (Lipinski definition) is 2. The van der Waals surface area contributed by atoms with E-state index >= 15 is 0 Å². The SMILES string of the molecule is Cl.O=C(NCC(c1cccs1)N1CCOCC1)c1cccc(S(=O)(=O)Nc2ccc(Cl)cc2)c1. The second kappa shape index (κ2) is 12.0. The number of hydrogen-bond acceptors (Lipinski definition) is 6. The summed E-state index contributed by atoms with van der Waals surface area (Å²) < 4.78 is 33.6. The van der Waals surface area contributed by atoms with Gasteiger partial charge in [0.05, 0.1) is 24.2 Å². The summed E-state index contributed by atoms with van der Waals surface area (Å²) in [6.45, 7) is 3.33. The van der Waals surface area contributed by atoms with Crippen LogP contribution >= 0.6 is 35.3 Å². The Bertz CT molecular complexity index is 1180. The molecule has 1 fully saturated rings. The first-order chi connectivity index (χ1) is 15.9. The fraction of sp³-hybridized carbons (Fsp3) is 0.261. The minimum absolute atomic E-state index is 0. The Balaban J connectivity index is 0.00000324. The number of carbonyl (C=O) groups is 1.